The zero-order valence-corrected chi connectivity index (χ0v) is 21.5. The summed E-state index contributed by atoms with van der Waals surface area (Å²) in [5.41, 5.74) is 2.56. The first-order valence-electron chi connectivity index (χ1n) is 11.9. The molecule has 4 aromatic rings. The van der Waals surface area contributed by atoms with Gasteiger partial charge in [0, 0.05) is 31.5 Å². The number of hydrogen-bond acceptors (Lipinski definition) is 7. The van der Waals surface area contributed by atoms with E-state index in [1.54, 1.807) is 36.6 Å². The van der Waals surface area contributed by atoms with Gasteiger partial charge in [-0.1, -0.05) is 19.9 Å². The molecule has 0 atom stereocenters. The average molecular weight is 548 g/mol. The number of fused-ring (bicyclic) bond motifs is 1. The lowest BCUT2D eigenvalue weighted by Crippen LogP contribution is -2.35. The van der Waals surface area contributed by atoms with Gasteiger partial charge in [-0.2, -0.15) is 18.3 Å². The number of carboxylic acid groups (broad SMARTS) is 1. The van der Waals surface area contributed by atoms with Crippen molar-refractivity contribution < 1.29 is 32.6 Å². The minimum Gasteiger partial charge on any atom is -0.497 e. The highest BCUT2D eigenvalue weighted by atomic mass is 19.4. The fraction of sp³-hybridized carbons (Fsp3) is 0.320. The minimum atomic E-state index is -5.08. The largest absolute Gasteiger partial charge is 0.497 e. The maximum atomic E-state index is 13.0. The number of alkyl halides is 3. The molecule has 4 rings (SSSR count). The lowest BCUT2D eigenvalue weighted by Gasteiger charge is -2.17. The highest BCUT2D eigenvalue weighted by Gasteiger charge is 2.38. The summed E-state index contributed by atoms with van der Waals surface area (Å²) in [6.07, 6.45) is 1.75. The van der Waals surface area contributed by atoms with Crippen LogP contribution < -0.4 is 10.1 Å². The fourth-order valence-corrected chi connectivity index (χ4v) is 3.66. The average Bonchev–Trinajstić information content (AvgIpc) is 3.56. The lowest BCUT2D eigenvalue weighted by atomic mass is 10.3. The second kappa shape index (κ2) is 12.9. The van der Waals surface area contributed by atoms with Crippen LogP contribution in [0, 0.1) is 0 Å². The van der Waals surface area contributed by atoms with Gasteiger partial charge in [-0.15, -0.1) is 0 Å². The number of amides is 1. The Hall–Kier alpha value is -4.46. The van der Waals surface area contributed by atoms with Crippen LogP contribution >= 0.6 is 0 Å². The second-order valence-corrected chi connectivity index (χ2v) is 8.03. The van der Waals surface area contributed by atoms with E-state index in [2.05, 4.69) is 34.1 Å². The van der Waals surface area contributed by atoms with Crippen molar-refractivity contribution in [1.29, 1.82) is 0 Å². The summed E-state index contributed by atoms with van der Waals surface area (Å²) in [4.78, 5) is 33.0. The van der Waals surface area contributed by atoms with Gasteiger partial charge in [0.15, 0.2) is 11.5 Å². The number of imidazole rings is 1. The summed E-state index contributed by atoms with van der Waals surface area (Å²) >= 11 is 0. The maximum absolute atomic E-state index is 13.0. The first-order chi connectivity index (χ1) is 18.6. The normalized spacial score (nSPS) is 11.3. The number of carbonyl (C=O) groups is 2. The molecule has 0 aliphatic rings. The summed E-state index contributed by atoms with van der Waals surface area (Å²) in [5, 5.41) is 14.6. The van der Waals surface area contributed by atoms with E-state index in [4.69, 9.17) is 19.6 Å². The number of carbonyl (C=O) groups excluding carboxylic acids is 1. The summed E-state index contributed by atoms with van der Waals surface area (Å²) in [7, 11) is 1.63. The number of halogens is 3. The minimum absolute atomic E-state index is 0.221. The number of benzene rings is 1. The van der Waals surface area contributed by atoms with Crippen molar-refractivity contribution in [3.63, 3.8) is 0 Å². The van der Waals surface area contributed by atoms with E-state index in [-0.39, 0.29) is 5.91 Å². The van der Waals surface area contributed by atoms with Gasteiger partial charge < -0.3 is 20.1 Å². The molecule has 11 nitrogen and oxygen atoms in total. The SMILES string of the molecule is CCN(CC)CCNC(=O)c1nc(-c2ccnn2-c2cccc(OC)c2)n2ccncc12.O=C(O)C(F)(F)F. The first kappa shape index (κ1) is 29.1. The van der Waals surface area contributed by atoms with Crippen molar-refractivity contribution >= 4 is 17.4 Å². The zero-order valence-electron chi connectivity index (χ0n) is 21.5. The first-order valence-corrected chi connectivity index (χ1v) is 11.9. The van der Waals surface area contributed by atoms with Gasteiger partial charge in [-0.3, -0.25) is 14.2 Å². The summed E-state index contributed by atoms with van der Waals surface area (Å²) < 4.78 is 40.7. The van der Waals surface area contributed by atoms with Gasteiger partial charge >= 0.3 is 12.1 Å². The van der Waals surface area contributed by atoms with Crippen LogP contribution in [0.25, 0.3) is 22.7 Å². The van der Waals surface area contributed by atoms with Crippen LogP contribution in [0.2, 0.25) is 0 Å². The van der Waals surface area contributed by atoms with E-state index in [1.165, 1.54) is 0 Å². The van der Waals surface area contributed by atoms with Gasteiger partial charge in [0.2, 0.25) is 0 Å². The van der Waals surface area contributed by atoms with Crippen molar-refractivity contribution in [2.45, 2.75) is 20.0 Å². The predicted molar refractivity (Wildman–Crippen MR) is 136 cm³/mol. The fourth-order valence-electron chi connectivity index (χ4n) is 3.66. The van der Waals surface area contributed by atoms with Gasteiger partial charge in [-0.25, -0.2) is 14.5 Å². The van der Waals surface area contributed by atoms with E-state index >= 15 is 0 Å². The molecule has 0 radical (unpaired) electrons. The number of aliphatic carboxylic acids is 1. The topological polar surface area (TPSA) is 127 Å². The molecular formula is C25H28F3N7O4. The van der Waals surface area contributed by atoms with E-state index in [9.17, 15) is 18.0 Å². The number of hydrogen-bond donors (Lipinski definition) is 2. The van der Waals surface area contributed by atoms with Gasteiger partial charge in [-0.05, 0) is 31.3 Å². The Bertz CT molecular complexity index is 1410. The molecule has 1 amide bonds. The summed E-state index contributed by atoms with van der Waals surface area (Å²) in [6, 6.07) is 9.49. The Morgan fingerprint density at radius 2 is 1.87 bits per heavy atom. The number of rotatable bonds is 9. The Morgan fingerprint density at radius 3 is 2.51 bits per heavy atom. The number of methoxy groups -OCH3 is 1. The zero-order chi connectivity index (χ0) is 28.6. The van der Waals surface area contributed by atoms with E-state index in [1.807, 2.05) is 34.7 Å². The number of carboxylic acids is 1. The molecule has 2 N–H and O–H groups in total. The van der Waals surface area contributed by atoms with Gasteiger partial charge in [0.25, 0.3) is 5.91 Å². The Balaban J connectivity index is 0.000000532. The Morgan fingerprint density at radius 1 is 1.15 bits per heavy atom. The number of nitrogens with zero attached hydrogens (tertiary/aromatic N) is 6. The van der Waals surface area contributed by atoms with Crippen molar-refractivity contribution in [3.8, 4) is 23.0 Å². The Kier molecular flexibility index (Phi) is 9.60. The third-order valence-electron chi connectivity index (χ3n) is 5.68. The molecule has 0 saturated carbocycles. The van der Waals surface area contributed by atoms with Crippen LogP contribution in [0.5, 0.6) is 5.75 Å². The van der Waals surface area contributed by atoms with Gasteiger partial charge in [0.05, 0.1) is 30.7 Å². The quantitative estimate of drug-likeness (QED) is 0.327. The highest BCUT2D eigenvalue weighted by Crippen LogP contribution is 2.26. The molecule has 0 saturated heterocycles. The van der Waals surface area contributed by atoms with Crippen molar-refractivity contribution in [3.05, 3.63) is 60.8 Å². The summed E-state index contributed by atoms with van der Waals surface area (Å²) in [6.45, 7) is 7.45. The van der Waals surface area contributed by atoms with Crippen LogP contribution in [0.1, 0.15) is 24.3 Å². The van der Waals surface area contributed by atoms with Crippen LogP contribution in [0.3, 0.4) is 0 Å². The lowest BCUT2D eigenvalue weighted by molar-refractivity contribution is -0.192. The van der Waals surface area contributed by atoms with Crippen LogP contribution in [0.4, 0.5) is 13.2 Å². The molecule has 1 aromatic carbocycles. The molecule has 3 aromatic heterocycles. The molecule has 3 heterocycles. The molecule has 0 bridgehead atoms. The highest BCUT2D eigenvalue weighted by molar-refractivity contribution is 5.99. The second-order valence-electron chi connectivity index (χ2n) is 8.03. The standard InChI is InChI=1S/C23H27N7O2.C2HF3O2/c1-4-28(5-2)13-12-25-23(31)21-20-16-24-11-14-29(20)22(27-21)19-9-10-26-30(19)17-7-6-8-18(15-17)32-3;3-2(4,5)1(6)7/h6-11,14-16H,4-5,12-13H2,1-3H3,(H,25,31);(H,6,7). The van der Waals surface area contributed by atoms with Crippen molar-refractivity contribution in [2.75, 3.05) is 33.3 Å². The Labute approximate surface area is 221 Å². The maximum Gasteiger partial charge on any atom is 0.490 e. The third-order valence-corrected chi connectivity index (χ3v) is 5.68. The molecule has 39 heavy (non-hydrogen) atoms. The molecule has 0 fully saturated rings. The van der Waals surface area contributed by atoms with E-state index < -0.39 is 12.1 Å². The monoisotopic (exact) mass is 547 g/mol. The molecule has 208 valence electrons. The smallest absolute Gasteiger partial charge is 0.490 e. The summed E-state index contributed by atoms with van der Waals surface area (Å²) in [5.74, 6) is -1.64. The molecule has 0 aliphatic carbocycles. The predicted octanol–water partition coefficient (Wildman–Crippen LogP) is 3.30. The van der Waals surface area contributed by atoms with Crippen molar-refractivity contribution in [1.82, 2.24) is 34.4 Å². The number of ether oxygens (including phenoxy) is 1. The molecule has 0 unspecified atom stereocenters. The number of likely N-dealkylation sites (N-methyl/N-ethyl adjacent to an activating group) is 1. The van der Waals surface area contributed by atoms with Gasteiger partial charge in [0.1, 0.15) is 11.4 Å². The number of nitrogens with one attached hydrogen (secondary N) is 1. The van der Waals surface area contributed by atoms with E-state index in [0.717, 1.165) is 36.8 Å². The number of aromatic nitrogens is 5. The van der Waals surface area contributed by atoms with Crippen LogP contribution in [0.15, 0.2) is 55.1 Å². The van der Waals surface area contributed by atoms with Crippen LogP contribution in [-0.4, -0.2) is 85.5 Å². The molecule has 14 heteroatoms. The molecular weight excluding hydrogens is 519 g/mol. The molecule has 0 spiro atoms. The molecule has 0 aliphatic heterocycles. The van der Waals surface area contributed by atoms with Crippen molar-refractivity contribution in [2.24, 2.45) is 0 Å². The third kappa shape index (κ3) is 7.10. The van der Waals surface area contributed by atoms with Crippen LogP contribution in [-0.2, 0) is 4.79 Å². The van der Waals surface area contributed by atoms with E-state index in [0.29, 0.717) is 23.6 Å².